The van der Waals surface area contributed by atoms with E-state index in [0.717, 1.165) is 11.3 Å². The Kier molecular flexibility index (Phi) is 4.63. The number of aromatic amines is 1. The first-order chi connectivity index (χ1) is 14.5. The molecule has 0 atom stereocenters. The molecule has 9 nitrogen and oxygen atoms in total. The normalized spacial score (nSPS) is 16.2. The van der Waals surface area contributed by atoms with E-state index < -0.39 is 10.0 Å². The van der Waals surface area contributed by atoms with Gasteiger partial charge in [0, 0.05) is 29.4 Å². The number of aromatic nitrogens is 5. The first-order valence-electron chi connectivity index (χ1n) is 9.45. The molecule has 0 saturated carbocycles. The first-order valence-corrected chi connectivity index (χ1v) is 11.9. The monoisotopic (exact) mass is 442 g/mol. The number of nitrogens with zero attached hydrogens (tertiary/aromatic N) is 5. The molecule has 1 aliphatic heterocycles. The summed E-state index contributed by atoms with van der Waals surface area (Å²) in [6, 6.07) is 7.36. The van der Waals surface area contributed by atoms with Crippen LogP contribution in [0.5, 0.6) is 5.75 Å². The standard InChI is InChI=1S/C19H18N6O3S2/c26-17-15-13(6-3-7-20-15)19(25-8-1-2-10-30(25,27)28)22-16(17)18-21-14(23-24-18)11-12-5-4-9-29-12/h3-7,9,26H,1-2,8,10-11H2,(H,21,23,24). The highest BCUT2D eigenvalue weighted by Gasteiger charge is 2.31. The zero-order valence-electron chi connectivity index (χ0n) is 15.8. The average molecular weight is 443 g/mol. The second-order valence-electron chi connectivity index (χ2n) is 6.99. The third kappa shape index (κ3) is 3.29. The van der Waals surface area contributed by atoms with Crippen LogP contribution in [0.2, 0.25) is 0 Å². The lowest BCUT2D eigenvalue weighted by Crippen LogP contribution is -2.38. The summed E-state index contributed by atoms with van der Waals surface area (Å²) >= 11 is 1.61. The molecular formula is C19H18N6O3S2. The molecule has 30 heavy (non-hydrogen) atoms. The fourth-order valence-electron chi connectivity index (χ4n) is 3.54. The van der Waals surface area contributed by atoms with Crippen LogP contribution < -0.4 is 4.31 Å². The number of nitrogens with one attached hydrogen (secondary N) is 1. The van der Waals surface area contributed by atoms with Crippen LogP contribution in [-0.2, 0) is 16.4 Å². The van der Waals surface area contributed by atoms with Gasteiger partial charge in [0.2, 0.25) is 15.8 Å². The molecule has 0 aliphatic carbocycles. The number of sulfonamides is 1. The van der Waals surface area contributed by atoms with Gasteiger partial charge in [0.15, 0.2) is 17.3 Å². The van der Waals surface area contributed by atoms with E-state index in [1.807, 2.05) is 17.5 Å². The molecule has 0 amide bonds. The van der Waals surface area contributed by atoms with Crippen molar-refractivity contribution in [3.8, 4) is 17.3 Å². The van der Waals surface area contributed by atoms with Gasteiger partial charge >= 0.3 is 0 Å². The molecule has 4 aromatic heterocycles. The fraction of sp³-hybridized carbons (Fsp3) is 0.263. The maximum absolute atomic E-state index is 12.7. The smallest absolute Gasteiger partial charge is 0.236 e. The van der Waals surface area contributed by atoms with Crippen molar-refractivity contribution >= 4 is 38.1 Å². The van der Waals surface area contributed by atoms with Crippen LogP contribution in [0.15, 0.2) is 35.8 Å². The van der Waals surface area contributed by atoms with Crippen molar-refractivity contribution in [3.63, 3.8) is 0 Å². The quantitative estimate of drug-likeness (QED) is 0.498. The summed E-state index contributed by atoms with van der Waals surface area (Å²) in [4.78, 5) is 14.4. The van der Waals surface area contributed by atoms with Gasteiger partial charge in [-0.2, -0.15) is 5.10 Å². The minimum Gasteiger partial charge on any atom is -0.504 e. The van der Waals surface area contributed by atoms with E-state index in [-0.39, 0.29) is 34.4 Å². The molecule has 154 valence electrons. The van der Waals surface area contributed by atoms with Crippen LogP contribution in [-0.4, -0.2) is 51.0 Å². The maximum atomic E-state index is 12.7. The van der Waals surface area contributed by atoms with Crippen LogP contribution >= 0.6 is 11.3 Å². The molecule has 2 N–H and O–H groups in total. The van der Waals surface area contributed by atoms with Crippen LogP contribution in [0.4, 0.5) is 5.82 Å². The van der Waals surface area contributed by atoms with Crippen molar-refractivity contribution in [1.82, 2.24) is 25.1 Å². The van der Waals surface area contributed by atoms with E-state index in [1.165, 1.54) is 4.31 Å². The number of fused-ring (bicyclic) bond motifs is 1. The van der Waals surface area contributed by atoms with Crippen molar-refractivity contribution in [2.24, 2.45) is 0 Å². The summed E-state index contributed by atoms with van der Waals surface area (Å²) in [6.07, 6.45) is 3.47. The van der Waals surface area contributed by atoms with E-state index in [2.05, 4.69) is 25.1 Å². The summed E-state index contributed by atoms with van der Waals surface area (Å²) in [6.45, 7) is 0.334. The predicted molar refractivity (Wildman–Crippen MR) is 114 cm³/mol. The highest BCUT2D eigenvalue weighted by Crippen LogP contribution is 2.38. The van der Waals surface area contributed by atoms with Crippen LogP contribution in [0.3, 0.4) is 0 Å². The minimum absolute atomic E-state index is 0.0677. The number of aromatic hydroxyl groups is 1. The lowest BCUT2D eigenvalue weighted by molar-refractivity contribution is 0.479. The zero-order chi connectivity index (χ0) is 20.7. The average Bonchev–Trinajstić information content (AvgIpc) is 3.41. The Balaban J connectivity index is 1.64. The van der Waals surface area contributed by atoms with Gasteiger partial charge in [-0.25, -0.2) is 18.4 Å². The van der Waals surface area contributed by atoms with Crippen molar-refractivity contribution in [2.75, 3.05) is 16.6 Å². The van der Waals surface area contributed by atoms with E-state index in [1.54, 1.807) is 29.7 Å². The van der Waals surface area contributed by atoms with Crippen LogP contribution in [0.25, 0.3) is 22.4 Å². The zero-order valence-corrected chi connectivity index (χ0v) is 17.4. The van der Waals surface area contributed by atoms with E-state index in [4.69, 9.17) is 0 Å². The highest BCUT2D eigenvalue weighted by molar-refractivity contribution is 7.92. The van der Waals surface area contributed by atoms with Gasteiger partial charge in [0.1, 0.15) is 11.3 Å². The number of rotatable bonds is 4. The summed E-state index contributed by atoms with van der Waals surface area (Å²) in [5.41, 5.74) is 0.369. The molecule has 4 aromatic rings. The highest BCUT2D eigenvalue weighted by atomic mass is 32.2. The molecule has 11 heteroatoms. The van der Waals surface area contributed by atoms with Gasteiger partial charge in [-0.05, 0) is 36.4 Å². The van der Waals surface area contributed by atoms with Crippen LogP contribution in [0.1, 0.15) is 23.5 Å². The molecular weight excluding hydrogens is 424 g/mol. The third-order valence-corrected chi connectivity index (χ3v) is 7.67. The number of thiophene rings is 1. The lowest BCUT2D eigenvalue weighted by atomic mass is 10.2. The predicted octanol–water partition coefficient (Wildman–Crippen LogP) is 2.70. The minimum atomic E-state index is -3.49. The van der Waals surface area contributed by atoms with Crippen molar-refractivity contribution in [1.29, 1.82) is 0 Å². The number of pyridine rings is 2. The van der Waals surface area contributed by atoms with Gasteiger partial charge in [-0.1, -0.05) is 6.07 Å². The van der Waals surface area contributed by atoms with Crippen molar-refractivity contribution < 1.29 is 13.5 Å². The Morgan fingerprint density at radius 2 is 2.10 bits per heavy atom. The van der Waals surface area contributed by atoms with Crippen LogP contribution in [0, 0.1) is 0 Å². The SMILES string of the molecule is O=S1(=O)CCCCN1c1nc(-c2n[nH]c(Cc3cccs3)n2)c(O)c2ncccc12. The van der Waals surface area contributed by atoms with E-state index in [0.29, 0.717) is 30.6 Å². The Bertz CT molecular complexity index is 1320. The van der Waals surface area contributed by atoms with Gasteiger partial charge in [0.05, 0.1) is 5.75 Å². The summed E-state index contributed by atoms with van der Waals surface area (Å²) < 4.78 is 26.7. The number of hydrogen-bond acceptors (Lipinski definition) is 8. The molecule has 1 aliphatic rings. The lowest BCUT2D eigenvalue weighted by Gasteiger charge is -2.28. The molecule has 5 heterocycles. The fourth-order valence-corrected chi connectivity index (χ4v) is 5.85. The van der Waals surface area contributed by atoms with E-state index in [9.17, 15) is 13.5 Å². The molecule has 0 bridgehead atoms. The second kappa shape index (κ2) is 7.33. The summed E-state index contributed by atoms with van der Waals surface area (Å²) in [5.74, 6) is 0.961. The molecule has 1 saturated heterocycles. The number of anilines is 1. The van der Waals surface area contributed by atoms with E-state index >= 15 is 0 Å². The topological polar surface area (TPSA) is 125 Å². The maximum Gasteiger partial charge on any atom is 0.236 e. The largest absolute Gasteiger partial charge is 0.504 e. The molecule has 0 spiro atoms. The Morgan fingerprint density at radius 3 is 2.90 bits per heavy atom. The molecule has 0 unspecified atom stereocenters. The van der Waals surface area contributed by atoms with Gasteiger partial charge < -0.3 is 5.11 Å². The summed E-state index contributed by atoms with van der Waals surface area (Å²) in [5, 5.41) is 20.4. The third-order valence-electron chi connectivity index (χ3n) is 4.97. The Hall–Kier alpha value is -3.05. The molecule has 0 radical (unpaired) electrons. The first kappa shape index (κ1) is 18.9. The molecule has 0 aromatic carbocycles. The van der Waals surface area contributed by atoms with Crippen molar-refractivity contribution in [2.45, 2.75) is 19.3 Å². The van der Waals surface area contributed by atoms with Gasteiger partial charge in [0.25, 0.3) is 0 Å². The Morgan fingerprint density at radius 1 is 1.20 bits per heavy atom. The van der Waals surface area contributed by atoms with Crippen molar-refractivity contribution in [3.05, 3.63) is 46.5 Å². The van der Waals surface area contributed by atoms with Gasteiger partial charge in [-0.3, -0.25) is 14.4 Å². The number of hydrogen-bond donors (Lipinski definition) is 2. The molecule has 5 rings (SSSR count). The molecule has 1 fully saturated rings. The van der Waals surface area contributed by atoms with Gasteiger partial charge in [-0.15, -0.1) is 11.3 Å². The number of H-pyrrole nitrogens is 1. The summed E-state index contributed by atoms with van der Waals surface area (Å²) in [7, 11) is -3.49. The Labute approximate surface area is 176 Å². The second-order valence-corrected chi connectivity index (χ2v) is 10.0.